The van der Waals surface area contributed by atoms with Crippen molar-refractivity contribution in [1.82, 2.24) is 4.57 Å². The Kier molecular flexibility index (Phi) is 4.99. The highest BCUT2D eigenvalue weighted by Crippen LogP contribution is 2.24. The van der Waals surface area contributed by atoms with E-state index in [2.05, 4.69) is 5.32 Å². The molecular weight excluding hydrogens is 349 g/mol. The first-order valence-electron chi connectivity index (χ1n) is 7.97. The number of anilines is 1. The quantitative estimate of drug-likeness (QED) is 0.536. The first-order valence-corrected chi connectivity index (χ1v) is 7.97. The molecule has 1 amide bonds. The van der Waals surface area contributed by atoms with E-state index in [0.29, 0.717) is 16.5 Å². The highest BCUT2D eigenvalue weighted by molar-refractivity contribution is 6.10. The Morgan fingerprint density at radius 1 is 1.19 bits per heavy atom. The fourth-order valence-electron chi connectivity index (χ4n) is 2.72. The Labute approximate surface area is 153 Å². The maximum Gasteiger partial charge on any atom is 0.323 e. The van der Waals surface area contributed by atoms with Crippen LogP contribution in [-0.2, 0) is 16.1 Å². The number of hydrogen-bond donors (Lipinski definition) is 2. The van der Waals surface area contributed by atoms with E-state index in [0.717, 1.165) is 0 Å². The van der Waals surface area contributed by atoms with Crippen LogP contribution in [0.4, 0.5) is 10.1 Å². The standard InChI is InChI=1S/C20H14FN3O3/c21-16-6-2-3-7-17(16)23-20(27)13(10-22)9-14-11-24(12-19(25)26)18-8-4-1-5-15(14)18/h1-9,11H,12H2,(H,23,27)(H,25,26)/b13-9+. The van der Waals surface area contributed by atoms with Crippen LogP contribution in [0.3, 0.4) is 0 Å². The Morgan fingerprint density at radius 2 is 1.89 bits per heavy atom. The fourth-order valence-corrected chi connectivity index (χ4v) is 2.72. The largest absolute Gasteiger partial charge is 0.480 e. The second-order valence-electron chi connectivity index (χ2n) is 5.73. The van der Waals surface area contributed by atoms with Gasteiger partial charge in [-0.25, -0.2) is 4.39 Å². The zero-order valence-electron chi connectivity index (χ0n) is 14.0. The van der Waals surface area contributed by atoms with Crippen LogP contribution in [0.5, 0.6) is 0 Å². The molecule has 0 saturated carbocycles. The lowest BCUT2D eigenvalue weighted by molar-refractivity contribution is -0.137. The minimum Gasteiger partial charge on any atom is -0.480 e. The lowest BCUT2D eigenvalue weighted by atomic mass is 10.1. The van der Waals surface area contributed by atoms with Crippen LogP contribution in [-0.4, -0.2) is 21.6 Å². The van der Waals surface area contributed by atoms with Crippen LogP contribution in [0.15, 0.2) is 60.3 Å². The molecule has 0 aliphatic heterocycles. The molecule has 1 aromatic heterocycles. The fraction of sp³-hybridized carbons (Fsp3) is 0.0500. The number of amides is 1. The predicted molar refractivity (Wildman–Crippen MR) is 98.2 cm³/mol. The Morgan fingerprint density at radius 3 is 2.59 bits per heavy atom. The van der Waals surface area contributed by atoms with Crippen molar-refractivity contribution < 1.29 is 19.1 Å². The minimum absolute atomic E-state index is 0.0306. The number of carboxylic acids is 1. The smallest absolute Gasteiger partial charge is 0.323 e. The highest BCUT2D eigenvalue weighted by atomic mass is 19.1. The van der Waals surface area contributed by atoms with Gasteiger partial charge in [-0.15, -0.1) is 0 Å². The number of carbonyl (C=O) groups excluding carboxylic acids is 1. The van der Waals surface area contributed by atoms with Gasteiger partial charge in [-0.2, -0.15) is 5.26 Å². The zero-order valence-corrected chi connectivity index (χ0v) is 14.0. The van der Waals surface area contributed by atoms with Gasteiger partial charge in [0.15, 0.2) is 0 Å². The van der Waals surface area contributed by atoms with Gasteiger partial charge in [0, 0.05) is 22.7 Å². The third kappa shape index (κ3) is 3.85. The molecule has 0 spiro atoms. The Bertz CT molecular complexity index is 1110. The second kappa shape index (κ2) is 7.54. The Hall–Kier alpha value is -3.92. The number of nitrogens with one attached hydrogen (secondary N) is 1. The summed E-state index contributed by atoms with van der Waals surface area (Å²) in [4.78, 5) is 23.4. The maximum atomic E-state index is 13.7. The number of nitriles is 1. The lowest BCUT2D eigenvalue weighted by Gasteiger charge is -2.05. The molecule has 2 N–H and O–H groups in total. The van der Waals surface area contributed by atoms with Gasteiger partial charge in [0.1, 0.15) is 24.0 Å². The highest BCUT2D eigenvalue weighted by Gasteiger charge is 2.14. The first kappa shape index (κ1) is 17.9. The van der Waals surface area contributed by atoms with E-state index in [1.165, 1.54) is 28.8 Å². The number of halogens is 1. The Balaban J connectivity index is 1.98. The van der Waals surface area contributed by atoms with Crippen LogP contribution >= 0.6 is 0 Å². The summed E-state index contributed by atoms with van der Waals surface area (Å²) in [7, 11) is 0. The van der Waals surface area contributed by atoms with Crippen molar-refractivity contribution in [1.29, 1.82) is 5.26 Å². The average molecular weight is 363 g/mol. The number of aromatic nitrogens is 1. The molecule has 0 saturated heterocycles. The van der Waals surface area contributed by atoms with Gasteiger partial charge < -0.3 is 15.0 Å². The normalized spacial score (nSPS) is 11.2. The van der Waals surface area contributed by atoms with Gasteiger partial charge in [-0.3, -0.25) is 9.59 Å². The summed E-state index contributed by atoms with van der Waals surface area (Å²) in [5.41, 5.74) is 0.929. The molecule has 0 atom stereocenters. The van der Waals surface area contributed by atoms with Crippen LogP contribution in [0, 0.1) is 17.1 Å². The molecule has 1 heterocycles. The molecule has 0 unspecified atom stereocenters. The van der Waals surface area contributed by atoms with E-state index in [4.69, 9.17) is 5.11 Å². The molecule has 134 valence electrons. The molecule has 3 rings (SSSR count). The van der Waals surface area contributed by atoms with E-state index >= 15 is 0 Å². The SMILES string of the molecule is N#C/C(=C\c1cn(CC(=O)O)c2ccccc12)C(=O)Nc1ccccc1F. The number of para-hydroxylation sites is 2. The third-order valence-corrected chi connectivity index (χ3v) is 3.91. The number of fused-ring (bicyclic) bond motifs is 1. The zero-order chi connectivity index (χ0) is 19.4. The second-order valence-corrected chi connectivity index (χ2v) is 5.73. The van der Waals surface area contributed by atoms with Gasteiger partial charge in [-0.1, -0.05) is 30.3 Å². The molecule has 0 aliphatic rings. The lowest BCUT2D eigenvalue weighted by Crippen LogP contribution is -2.14. The van der Waals surface area contributed by atoms with Crippen molar-refractivity contribution in [3.63, 3.8) is 0 Å². The first-order chi connectivity index (χ1) is 13.0. The summed E-state index contributed by atoms with van der Waals surface area (Å²) in [6.07, 6.45) is 2.92. The van der Waals surface area contributed by atoms with E-state index in [1.54, 1.807) is 42.6 Å². The summed E-state index contributed by atoms with van der Waals surface area (Å²) in [6.45, 7) is -0.252. The summed E-state index contributed by atoms with van der Waals surface area (Å²) >= 11 is 0. The number of hydrogen-bond acceptors (Lipinski definition) is 3. The van der Waals surface area contributed by atoms with Crippen molar-refractivity contribution in [2.75, 3.05) is 5.32 Å². The molecule has 3 aromatic rings. The molecule has 0 aliphatic carbocycles. The number of carbonyl (C=O) groups is 2. The molecule has 2 aromatic carbocycles. The number of nitrogens with zero attached hydrogens (tertiary/aromatic N) is 2. The molecule has 0 bridgehead atoms. The van der Waals surface area contributed by atoms with Gasteiger partial charge in [-0.05, 0) is 24.3 Å². The van der Waals surface area contributed by atoms with Gasteiger partial charge >= 0.3 is 5.97 Å². The molecular formula is C20H14FN3O3. The monoisotopic (exact) mass is 363 g/mol. The van der Waals surface area contributed by atoms with Crippen molar-refractivity contribution in [2.24, 2.45) is 0 Å². The van der Waals surface area contributed by atoms with Crippen LogP contribution in [0.1, 0.15) is 5.56 Å². The van der Waals surface area contributed by atoms with E-state index < -0.39 is 17.7 Å². The number of benzene rings is 2. The van der Waals surface area contributed by atoms with Crippen molar-refractivity contribution >= 4 is 34.5 Å². The summed E-state index contributed by atoms with van der Waals surface area (Å²) in [5, 5.41) is 21.5. The topological polar surface area (TPSA) is 95.1 Å². The van der Waals surface area contributed by atoms with Crippen molar-refractivity contribution in [3.8, 4) is 6.07 Å². The summed E-state index contributed by atoms with van der Waals surface area (Å²) < 4.78 is 15.2. The van der Waals surface area contributed by atoms with Gasteiger partial charge in [0.2, 0.25) is 0 Å². The number of carboxylic acid groups (broad SMARTS) is 1. The minimum atomic E-state index is -1.01. The number of aliphatic carboxylic acids is 1. The molecule has 7 heteroatoms. The van der Waals surface area contributed by atoms with Gasteiger partial charge in [0.25, 0.3) is 5.91 Å². The van der Waals surface area contributed by atoms with E-state index in [1.807, 2.05) is 0 Å². The maximum absolute atomic E-state index is 13.7. The predicted octanol–water partition coefficient (Wildman–Crippen LogP) is 3.41. The molecule has 0 radical (unpaired) electrons. The van der Waals surface area contributed by atoms with Crippen LogP contribution in [0.2, 0.25) is 0 Å². The third-order valence-electron chi connectivity index (χ3n) is 3.91. The van der Waals surface area contributed by atoms with Crippen LogP contribution in [0.25, 0.3) is 17.0 Å². The molecule has 27 heavy (non-hydrogen) atoms. The summed E-state index contributed by atoms with van der Waals surface area (Å²) in [5.74, 6) is -2.37. The van der Waals surface area contributed by atoms with Gasteiger partial charge in [0.05, 0.1) is 5.69 Å². The average Bonchev–Trinajstić information content (AvgIpc) is 2.98. The van der Waals surface area contributed by atoms with Crippen molar-refractivity contribution in [2.45, 2.75) is 6.54 Å². The molecule has 0 fully saturated rings. The van der Waals surface area contributed by atoms with E-state index in [-0.39, 0.29) is 17.8 Å². The molecule has 6 nitrogen and oxygen atoms in total. The van der Waals surface area contributed by atoms with E-state index in [9.17, 15) is 19.2 Å². The van der Waals surface area contributed by atoms with Crippen molar-refractivity contribution in [3.05, 3.63) is 71.7 Å². The van der Waals surface area contributed by atoms with Crippen LogP contribution < -0.4 is 5.32 Å². The summed E-state index contributed by atoms with van der Waals surface area (Å²) in [6, 6.07) is 14.5. The number of rotatable bonds is 5.